The van der Waals surface area contributed by atoms with Gasteiger partial charge in [-0.25, -0.2) is 9.79 Å². The third-order valence-corrected chi connectivity index (χ3v) is 4.17. The van der Waals surface area contributed by atoms with E-state index < -0.39 is 5.97 Å². The molecule has 1 amide bonds. The van der Waals surface area contributed by atoms with E-state index in [4.69, 9.17) is 9.47 Å². The number of hydrogen-bond donors (Lipinski definition) is 1. The molecule has 0 fully saturated rings. The number of methoxy groups -OCH3 is 1. The Balaban J connectivity index is 1.84. The molecule has 1 N–H and O–H groups in total. The van der Waals surface area contributed by atoms with Gasteiger partial charge in [-0.15, -0.1) is 0 Å². The van der Waals surface area contributed by atoms with Crippen molar-refractivity contribution in [3.63, 3.8) is 0 Å². The average Bonchev–Trinajstić information content (AvgIpc) is 2.96. The third-order valence-electron chi connectivity index (χ3n) is 3.55. The SMILES string of the molecule is COc1ccc(/C=C2\N=C(c3ccc(NC(C)=O)cc3)OC2=O)cc1Br. The first kappa shape index (κ1) is 17.9. The topological polar surface area (TPSA) is 77.0 Å². The highest BCUT2D eigenvalue weighted by Crippen LogP contribution is 2.27. The van der Waals surface area contributed by atoms with E-state index in [1.807, 2.05) is 12.1 Å². The van der Waals surface area contributed by atoms with Gasteiger partial charge < -0.3 is 14.8 Å². The van der Waals surface area contributed by atoms with Gasteiger partial charge in [-0.1, -0.05) is 6.07 Å². The summed E-state index contributed by atoms with van der Waals surface area (Å²) in [5, 5.41) is 2.67. The van der Waals surface area contributed by atoms with Crippen molar-refractivity contribution in [2.45, 2.75) is 6.92 Å². The maximum Gasteiger partial charge on any atom is 0.363 e. The van der Waals surface area contributed by atoms with Crippen LogP contribution in [0, 0.1) is 0 Å². The fourth-order valence-electron chi connectivity index (χ4n) is 2.36. The second-order valence-corrected chi connectivity index (χ2v) is 6.34. The first-order valence-electron chi connectivity index (χ1n) is 7.70. The predicted octanol–water partition coefficient (Wildman–Crippen LogP) is 3.76. The first-order chi connectivity index (χ1) is 12.5. The molecule has 0 aromatic heterocycles. The summed E-state index contributed by atoms with van der Waals surface area (Å²) in [4.78, 5) is 27.4. The largest absolute Gasteiger partial charge is 0.496 e. The van der Waals surface area contributed by atoms with Crippen LogP contribution in [0.4, 0.5) is 5.69 Å². The molecule has 0 unspecified atom stereocenters. The van der Waals surface area contributed by atoms with Gasteiger partial charge in [-0.05, 0) is 64.0 Å². The molecule has 132 valence electrons. The summed E-state index contributed by atoms with van der Waals surface area (Å²) in [7, 11) is 1.58. The Kier molecular flexibility index (Phi) is 5.18. The van der Waals surface area contributed by atoms with Gasteiger partial charge in [0.25, 0.3) is 0 Å². The molecule has 2 aromatic carbocycles. The molecule has 26 heavy (non-hydrogen) atoms. The molecule has 3 rings (SSSR count). The quantitative estimate of drug-likeness (QED) is 0.610. The van der Waals surface area contributed by atoms with Crippen molar-refractivity contribution < 1.29 is 19.1 Å². The number of nitrogens with zero attached hydrogens (tertiary/aromatic N) is 1. The molecule has 0 atom stereocenters. The fourth-order valence-corrected chi connectivity index (χ4v) is 2.92. The summed E-state index contributed by atoms with van der Waals surface area (Å²) >= 11 is 3.41. The highest BCUT2D eigenvalue weighted by molar-refractivity contribution is 9.10. The Bertz CT molecular complexity index is 933. The van der Waals surface area contributed by atoms with E-state index in [1.165, 1.54) is 6.92 Å². The zero-order chi connectivity index (χ0) is 18.7. The lowest BCUT2D eigenvalue weighted by Crippen LogP contribution is -2.07. The molecule has 0 saturated carbocycles. The smallest absolute Gasteiger partial charge is 0.363 e. The number of esters is 1. The van der Waals surface area contributed by atoms with E-state index in [2.05, 4.69) is 26.2 Å². The van der Waals surface area contributed by atoms with Crippen LogP contribution in [0.1, 0.15) is 18.1 Å². The molecule has 7 heteroatoms. The van der Waals surface area contributed by atoms with Crippen LogP contribution in [0.5, 0.6) is 5.75 Å². The molecular weight excluding hydrogens is 400 g/mol. The summed E-state index contributed by atoms with van der Waals surface area (Å²) < 4.78 is 11.2. The molecule has 0 spiro atoms. The Morgan fingerprint density at radius 3 is 2.58 bits per heavy atom. The summed E-state index contributed by atoms with van der Waals surface area (Å²) in [5.41, 5.74) is 2.30. The second kappa shape index (κ2) is 7.53. The van der Waals surface area contributed by atoms with Gasteiger partial charge in [0.2, 0.25) is 11.8 Å². The average molecular weight is 415 g/mol. The molecule has 0 saturated heterocycles. The Labute approximate surface area is 158 Å². The number of benzene rings is 2. The molecule has 0 bridgehead atoms. The van der Waals surface area contributed by atoms with E-state index in [-0.39, 0.29) is 17.5 Å². The second-order valence-electron chi connectivity index (χ2n) is 5.49. The van der Waals surface area contributed by atoms with Crippen molar-refractivity contribution >= 4 is 45.5 Å². The number of carbonyl (C=O) groups excluding carboxylic acids is 2. The number of ether oxygens (including phenoxy) is 2. The Morgan fingerprint density at radius 1 is 1.23 bits per heavy atom. The van der Waals surface area contributed by atoms with Gasteiger partial charge in [-0.2, -0.15) is 0 Å². The number of aliphatic imine (C=N–C) groups is 1. The van der Waals surface area contributed by atoms with Crippen molar-refractivity contribution in [2.75, 3.05) is 12.4 Å². The highest BCUT2D eigenvalue weighted by Gasteiger charge is 2.24. The van der Waals surface area contributed by atoms with Crippen molar-refractivity contribution in [1.82, 2.24) is 0 Å². The van der Waals surface area contributed by atoms with Crippen LogP contribution >= 0.6 is 15.9 Å². The van der Waals surface area contributed by atoms with E-state index in [1.54, 1.807) is 43.5 Å². The highest BCUT2D eigenvalue weighted by atomic mass is 79.9. The standard InChI is InChI=1S/C19H15BrN2O4/c1-11(23)21-14-6-4-13(5-7-14)18-22-16(19(24)26-18)10-12-3-8-17(25-2)15(20)9-12/h3-10H,1-2H3,(H,21,23)/b16-10-. The number of nitrogens with one attached hydrogen (secondary N) is 1. The number of rotatable bonds is 4. The van der Waals surface area contributed by atoms with Crippen LogP contribution in [-0.2, 0) is 14.3 Å². The van der Waals surface area contributed by atoms with Gasteiger partial charge in [0, 0.05) is 18.2 Å². The van der Waals surface area contributed by atoms with Crippen LogP contribution in [0.15, 0.2) is 57.6 Å². The lowest BCUT2D eigenvalue weighted by molar-refractivity contribution is -0.129. The summed E-state index contributed by atoms with van der Waals surface area (Å²) in [6.45, 7) is 1.44. The molecule has 0 radical (unpaired) electrons. The van der Waals surface area contributed by atoms with Crippen molar-refractivity contribution in [3.05, 3.63) is 63.8 Å². The zero-order valence-electron chi connectivity index (χ0n) is 14.1. The predicted molar refractivity (Wildman–Crippen MR) is 102 cm³/mol. The minimum atomic E-state index is -0.516. The minimum absolute atomic E-state index is 0.154. The van der Waals surface area contributed by atoms with Crippen molar-refractivity contribution in [1.29, 1.82) is 0 Å². The number of cyclic esters (lactones) is 1. The monoisotopic (exact) mass is 414 g/mol. The van der Waals surface area contributed by atoms with Crippen LogP contribution < -0.4 is 10.1 Å². The molecular formula is C19H15BrN2O4. The molecule has 6 nitrogen and oxygen atoms in total. The Morgan fingerprint density at radius 2 is 1.96 bits per heavy atom. The van der Waals surface area contributed by atoms with Gasteiger partial charge in [-0.3, -0.25) is 4.79 Å². The molecule has 0 aliphatic carbocycles. The van der Waals surface area contributed by atoms with Gasteiger partial charge in [0.05, 0.1) is 11.6 Å². The first-order valence-corrected chi connectivity index (χ1v) is 8.49. The zero-order valence-corrected chi connectivity index (χ0v) is 15.7. The van der Waals surface area contributed by atoms with E-state index in [0.29, 0.717) is 17.0 Å². The third kappa shape index (κ3) is 4.00. The fraction of sp³-hybridized carbons (Fsp3) is 0.105. The number of halogens is 1. The lowest BCUT2D eigenvalue weighted by Gasteiger charge is -2.03. The molecule has 1 aliphatic rings. The Hall–Kier alpha value is -2.93. The summed E-state index contributed by atoms with van der Waals surface area (Å²) in [5.74, 6) is 0.254. The van der Waals surface area contributed by atoms with Crippen LogP contribution in [0.3, 0.4) is 0 Å². The number of hydrogen-bond acceptors (Lipinski definition) is 5. The summed E-state index contributed by atoms with van der Waals surface area (Å²) in [6, 6.07) is 12.3. The van der Waals surface area contributed by atoms with Gasteiger partial charge in [0.15, 0.2) is 5.70 Å². The molecule has 2 aromatic rings. The van der Waals surface area contributed by atoms with Gasteiger partial charge in [0.1, 0.15) is 5.75 Å². The van der Waals surface area contributed by atoms with Crippen LogP contribution in [0.2, 0.25) is 0 Å². The number of carbonyl (C=O) groups is 2. The van der Waals surface area contributed by atoms with Crippen molar-refractivity contribution in [3.8, 4) is 5.75 Å². The minimum Gasteiger partial charge on any atom is -0.496 e. The van der Waals surface area contributed by atoms with Crippen LogP contribution in [-0.4, -0.2) is 24.9 Å². The number of anilines is 1. The van der Waals surface area contributed by atoms with E-state index >= 15 is 0 Å². The molecule has 1 heterocycles. The van der Waals surface area contributed by atoms with Crippen LogP contribution in [0.25, 0.3) is 6.08 Å². The normalized spacial score (nSPS) is 14.8. The number of amides is 1. The summed E-state index contributed by atoms with van der Waals surface area (Å²) in [6.07, 6.45) is 1.64. The van der Waals surface area contributed by atoms with Crippen molar-refractivity contribution in [2.24, 2.45) is 4.99 Å². The van der Waals surface area contributed by atoms with Gasteiger partial charge >= 0.3 is 5.97 Å². The van der Waals surface area contributed by atoms with E-state index in [0.717, 1.165) is 10.0 Å². The van der Waals surface area contributed by atoms with E-state index in [9.17, 15) is 9.59 Å². The lowest BCUT2D eigenvalue weighted by atomic mass is 10.2. The maximum atomic E-state index is 12.1. The maximum absolute atomic E-state index is 12.1. The molecule has 1 aliphatic heterocycles.